The van der Waals surface area contributed by atoms with Crippen LogP contribution in [0.1, 0.15) is 22.8 Å². The van der Waals surface area contributed by atoms with E-state index in [9.17, 15) is 9.59 Å². The van der Waals surface area contributed by atoms with E-state index in [1.54, 1.807) is 6.92 Å². The van der Waals surface area contributed by atoms with Gasteiger partial charge in [0.1, 0.15) is 5.56 Å². The van der Waals surface area contributed by atoms with E-state index in [1.165, 1.54) is 22.5 Å². The molecule has 0 unspecified atom stereocenters. The third kappa shape index (κ3) is 3.16. The number of aromatic nitrogens is 2. The number of carbonyl (C=O) groups excluding carboxylic acids is 1. The fraction of sp³-hybridized carbons (Fsp3) is 0.267. The van der Waals surface area contributed by atoms with Crippen molar-refractivity contribution in [2.75, 3.05) is 12.9 Å². The van der Waals surface area contributed by atoms with Crippen LogP contribution in [0.2, 0.25) is 0 Å². The van der Waals surface area contributed by atoms with Gasteiger partial charge in [0.25, 0.3) is 5.56 Å². The van der Waals surface area contributed by atoms with Gasteiger partial charge in [0.05, 0.1) is 18.5 Å². The molecule has 0 aliphatic carbocycles. The van der Waals surface area contributed by atoms with Gasteiger partial charge >= 0.3 is 5.97 Å². The highest BCUT2D eigenvalue weighted by molar-refractivity contribution is 7.98. The van der Waals surface area contributed by atoms with Crippen molar-refractivity contribution in [2.24, 2.45) is 0 Å². The molecular formula is C15H16N2O3S. The minimum Gasteiger partial charge on any atom is -0.462 e. The highest BCUT2D eigenvalue weighted by Crippen LogP contribution is 2.16. The smallest absolute Gasteiger partial charge is 0.345 e. The Morgan fingerprint density at radius 1 is 1.33 bits per heavy atom. The Morgan fingerprint density at radius 3 is 2.57 bits per heavy atom. The number of benzene rings is 1. The maximum Gasteiger partial charge on any atom is 0.345 e. The predicted octanol–water partition coefficient (Wildman–Crippen LogP) is 2.44. The molecule has 1 aromatic carbocycles. The number of rotatable bonds is 4. The molecule has 0 radical (unpaired) electrons. The van der Waals surface area contributed by atoms with E-state index in [0.717, 1.165) is 5.56 Å². The second-order valence-corrected chi connectivity index (χ2v) is 5.13. The Balaban J connectivity index is 2.62. The summed E-state index contributed by atoms with van der Waals surface area (Å²) in [5.74, 6) is -0.650. The summed E-state index contributed by atoms with van der Waals surface area (Å²) in [5.41, 5.74) is 1.28. The van der Waals surface area contributed by atoms with Gasteiger partial charge in [-0.25, -0.2) is 9.78 Å². The van der Waals surface area contributed by atoms with Crippen molar-refractivity contribution in [1.29, 1.82) is 0 Å². The third-order valence-electron chi connectivity index (χ3n) is 2.90. The molecule has 0 atom stereocenters. The molecule has 0 bridgehead atoms. The fourth-order valence-corrected chi connectivity index (χ4v) is 2.38. The van der Waals surface area contributed by atoms with Gasteiger partial charge in [-0.3, -0.25) is 9.36 Å². The van der Waals surface area contributed by atoms with Gasteiger partial charge in [-0.15, -0.1) is 0 Å². The molecule has 0 aliphatic rings. The molecule has 1 heterocycles. The largest absolute Gasteiger partial charge is 0.462 e. The van der Waals surface area contributed by atoms with Crippen LogP contribution in [0, 0.1) is 6.92 Å². The van der Waals surface area contributed by atoms with E-state index in [2.05, 4.69) is 4.98 Å². The number of ether oxygens (including phenoxy) is 1. The maximum absolute atomic E-state index is 12.6. The highest BCUT2D eigenvalue weighted by Gasteiger charge is 2.17. The molecule has 6 heteroatoms. The Morgan fingerprint density at radius 2 is 2.00 bits per heavy atom. The predicted molar refractivity (Wildman–Crippen MR) is 82.3 cm³/mol. The molecule has 1 aromatic heterocycles. The summed E-state index contributed by atoms with van der Waals surface area (Å²) in [5, 5.41) is 0.525. The average Bonchev–Trinajstić information content (AvgIpc) is 2.48. The summed E-state index contributed by atoms with van der Waals surface area (Å²) >= 11 is 1.34. The first kappa shape index (κ1) is 15.3. The molecule has 0 N–H and O–H groups in total. The Bertz CT molecular complexity index is 708. The normalized spacial score (nSPS) is 10.4. The summed E-state index contributed by atoms with van der Waals surface area (Å²) in [4.78, 5) is 28.6. The van der Waals surface area contributed by atoms with Crippen molar-refractivity contribution in [2.45, 2.75) is 19.0 Å². The van der Waals surface area contributed by atoms with Gasteiger partial charge in [0, 0.05) is 0 Å². The Kier molecular flexibility index (Phi) is 4.80. The summed E-state index contributed by atoms with van der Waals surface area (Å²) < 4.78 is 6.32. The standard InChI is InChI=1S/C15H16N2O3S/c1-4-20-14(19)12-9-16-15(21-3)17(13(12)18)11-7-5-10(2)6-8-11/h5-9H,4H2,1-3H3. The van der Waals surface area contributed by atoms with Crippen molar-refractivity contribution in [3.63, 3.8) is 0 Å². The lowest BCUT2D eigenvalue weighted by Gasteiger charge is -2.12. The molecule has 2 aromatic rings. The molecule has 5 nitrogen and oxygen atoms in total. The average molecular weight is 304 g/mol. The van der Waals surface area contributed by atoms with Gasteiger partial charge in [-0.05, 0) is 32.2 Å². The van der Waals surface area contributed by atoms with Crippen LogP contribution in [0.4, 0.5) is 0 Å². The molecular weight excluding hydrogens is 288 g/mol. The van der Waals surface area contributed by atoms with Crippen LogP contribution in [0.15, 0.2) is 40.4 Å². The van der Waals surface area contributed by atoms with Crippen LogP contribution >= 0.6 is 11.8 Å². The monoisotopic (exact) mass is 304 g/mol. The van der Waals surface area contributed by atoms with Crippen molar-refractivity contribution in [3.8, 4) is 5.69 Å². The second kappa shape index (κ2) is 6.58. The second-order valence-electron chi connectivity index (χ2n) is 4.36. The number of carbonyl (C=O) groups is 1. The molecule has 110 valence electrons. The van der Waals surface area contributed by atoms with Crippen LogP contribution in [0.3, 0.4) is 0 Å². The zero-order chi connectivity index (χ0) is 15.4. The Hall–Kier alpha value is -2.08. The molecule has 0 fully saturated rings. The minimum atomic E-state index is -0.650. The summed E-state index contributed by atoms with van der Waals surface area (Å²) in [7, 11) is 0. The van der Waals surface area contributed by atoms with Crippen molar-refractivity contribution < 1.29 is 9.53 Å². The van der Waals surface area contributed by atoms with Crippen molar-refractivity contribution in [3.05, 3.63) is 51.9 Å². The van der Waals surface area contributed by atoms with Crippen LogP contribution in [0.25, 0.3) is 5.69 Å². The highest BCUT2D eigenvalue weighted by atomic mass is 32.2. The maximum atomic E-state index is 12.6. The minimum absolute atomic E-state index is 0.0600. The first-order chi connectivity index (χ1) is 10.1. The number of hydrogen-bond donors (Lipinski definition) is 0. The molecule has 21 heavy (non-hydrogen) atoms. The van der Waals surface area contributed by atoms with Crippen molar-refractivity contribution in [1.82, 2.24) is 9.55 Å². The topological polar surface area (TPSA) is 61.2 Å². The van der Waals surface area contributed by atoms with E-state index in [4.69, 9.17) is 4.74 Å². The number of aryl methyl sites for hydroxylation is 1. The molecule has 0 aliphatic heterocycles. The number of hydrogen-bond acceptors (Lipinski definition) is 5. The van der Waals surface area contributed by atoms with Gasteiger partial charge in [0.15, 0.2) is 5.16 Å². The van der Waals surface area contributed by atoms with E-state index < -0.39 is 11.5 Å². The summed E-state index contributed by atoms with van der Waals surface area (Å²) in [6.45, 7) is 3.88. The molecule has 0 saturated heterocycles. The first-order valence-electron chi connectivity index (χ1n) is 6.48. The summed E-state index contributed by atoms with van der Waals surface area (Å²) in [6.07, 6.45) is 3.10. The van der Waals surface area contributed by atoms with Gasteiger partial charge in [-0.1, -0.05) is 29.5 Å². The van der Waals surface area contributed by atoms with E-state index >= 15 is 0 Å². The summed E-state index contributed by atoms with van der Waals surface area (Å²) in [6, 6.07) is 7.46. The van der Waals surface area contributed by atoms with Crippen LogP contribution in [0.5, 0.6) is 0 Å². The molecule has 0 spiro atoms. The van der Waals surface area contributed by atoms with Gasteiger partial charge in [0.2, 0.25) is 0 Å². The zero-order valence-electron chi connectivity index (χ0n) is 12.1. The first-order valence-corrected chi connectivity index (χ1v) is 7.71. The fourth-order valence-electron chi connectivity index (χ4n) is 1.85. The lowest BCUT2D eigenvalue weighted by atomic mass is 10.2. The van der Waals surface area contributed by atoms with Gasteiger partial charge in [-0.2, -0.15) is 0 Å². The van der Waals surface area contributed by atoms with Crippen LogP contribution in [-0.2, 0) is 4.74 Å². The number of esters is 1. The van der Waals surface area contributed by atoms with Crippen LogP contribution in [-0.4, -0.2) is 28.4 Å². The number of thioether (sulfide) groups is 1. The van der Waals surface area contributed by atoms with E-state index in [0.29, 0.717) is 10.8 Å². The molecule has 2 rings (SSSR count). The number of nitrogens with zero attached hydrogens (tertiary/aromatic N) is 2. The van der Waals surface area contributed by atoms with E-state index in [1.807, 2.05) is 37.4 Å². The van der Waals surface area contributed by atoms with Gasteiger partial charge < -0.3 is 4.74 Å². The lowest BCUT2D eigenvalue weighted by molar-refractivity contribution is 0.0523. The Labute approximate surface area is 127 Å². The zero-order valence-corrected chi connectivity index (χ0v) is 12.9. The van der Waals surface area contributed by atoms with Crippen molar-refractivity contribution >= 4 is 17.7 Å². The lowest BCUT2D eigenvalue weighted by Crippen LogP contribution is -2.28. The van der Waals surface area contributed by atoms with Crippen LogP contribution < -0.4 is 5.56 Å². The molecule has 0 amide bonds. The quantitative estimate of drug-likeness (QED) is 0.493. The third-order valence-corrected chi connectivity index (χ3v) is 3.55. The van der Waals surface area contributed by atoms with E-state index in [-0.39, 0.29) is 12.2 Å². The SMILES string of the molecule is CCOC(=O)c1cnc(SC)n(-c2ccc(C)cc2)c1=O. The molecule has 0 saturated carbocycles.